The lowest BCUT2D eigenvalue weighted by Gasteiger charge is -1.98. The zero-order valence-electron chi connectivity index (χ0n) is 9.27. The minimum Gasteiger partial charge on any atom is -0.295 e. The summed E-state index contributed by atoms with van der Waals surface area (Å²) in [5.41, 5.74) is 3.10. The van der Waals surface area contributed by atoms with E-state index in [0.29, 0.717) is 11.3 Å². The third kappa shape index (κ3) is 2.14. The van der Waals surface area contributed by atoms with Gasteiger partial charge >= 0.3 is 0 Å². The van der Waals surface area contributed by atoms with Crippen molar-refractivity contribution in [3.63, 3.8) is 0 Å². The van der Waals surface area contributed by atoms with Crippen molar-refractivity contribution in [2.75, 3.05) is 0 Å². The number of ketones is 1. The second kappa shape index (κ2) is 4.23. The maximum atomic E-state index is 11.1. The molecule has 16 heavy (non-hydrogen) atoms. The maximum Gasteiger partial charge on any atom is 0.155 e. The van der Waals surface area contributed by atoms with Gasteiger partial charge in [0.15, 0.2) is 5.78 Å². The average Bonchev–Trinajstić information content (AvgIpc) is 2.28. The normalized spacial score (nSPS) is 11.8. The topological polar surface area (TPSA) is 42.9 Å². The summed E-state index contributed by atoms with van der Waals surface area (Å²) in [7, 11) is 0. The van der Waals surface area contributed by atoms with Gasteiger partial charge in [-0.05, 0) is 37.6 Å². The van der Waals surface area contributed by atoms with Crippen LogP contribution in [0.1, 0.15) is 19.5 Å². The van der Waals surface area contributed by atoms with Gasteiger partial charge in [-0.1, -0.05) is 12.1 Å². The first kappa shape index (κ1) is 10.5. The number of hydrogen-bond donors (Lipinski definition) is 0. The van der Waals surface area contributed by atoms with Crippen LogP contribution in [0.3, 0.4) is 0 Å². The van der Waals surface area contributed by atoms with E-state index in [-0.39, 0.29) is 5.78 Å². The van der Waals surface area contributed by atoms with Crippen LogP contribution >= 0.6 is 0 Å². The molecule has 3 heteroatoms. The SMILES string of the molecule is CC(=O)/C(C)=C/c1cnc2ccccc2n1. The minimum absolute atomic E-state index is 0.0509. The fraction of sp³-hybridized carbons (Fsp3) is 0.154. The Morgan fingerprint density at radius 1 is 1.19 bits per heavy atom. The Morgan fingerprint density at radius 3 is 2.56 bits per heavy atom. The number of rotatable bonds is 2. The van der Waals surface area contributed by atoms with E-state index >= 15 is 0 Å². The molecule has 3 nitrogen and oxygen atoms in total. The molecule has 0 N–H and O–H groups in total. The highest BCUT2D eigenvalue weighted by Crippen LogP contribution is 2.10. The van der Waals surface area contributed by atoms with E-state index in [0.717, 1.165) is 11.0 Å². The molecule has 0 bridgehead atoms. The Hall–Kier alpha value is -2.03. The van der Waals surface area contributed by atoms with Crippen molar-refractivity contribution in [2.24, 2.45) is 0 Å². The van der Waals surface area contributed by atoms with E-state index in [4.69, 9.17) is 0 Å². The van der Waals surface area contributed by atoms with Gasteiger partial charge < -0.3 is 0 Å². The number of para-hydroxylation sites is 2. The van der Waals surface area contributed by atoms with Gasteiger partial charge in [-0.25, -0.2) is 4.98 Å². The van der Waals surface area contributed by atoms with Crippen molar-refractivity contribution in [3.05, 3.63) is 41.7 Å². The van der Waals surface area contributed by atoms with Crippen LogP contribution in [0.15, 0.2) is 36.0 Å². The van der Waals surface area contributed by atoms with Crippen molar-refractivity contribution in [2.45, 2.75) is 13.8 Å². The number of carbonyl (C=O) groups excluding carboxylic acids is 1. The second-order valence-corrected chi connectivity index (χ2v) is 3.67. The lowest BCUT2D eigenvalue weighted by atomic mass is 10.2. The smallest absolute Gasteiger partial charge is 0.155 e. The number of Topliss-reactive ketones (excluding diaryl/α,β-unsaturated/α-hetero) is 1. The summed E-state index contributed by atoms with van der Waals surface area (Å²) in [6.07, 6.45) is 3.43. The molecule has 1 heterocycles. The van der Waals surface area contributed by atoms with Crippen molar-refractivity contribution >= 4 is 22.9 Å². The lowest BCUT2D eigenvalue weighted by Crippen LogP contribution is -1.93. The summed E-state index contributed by atoms with van der Waals surface area (Å²) >= 11 is 0. The number of fused-ring (bicyclic) bond motifs is 1. The van der Waals surface area contributed by atoms with Gasteiger partial charge in [0.05, 0.1) is 22.9 Å². The largest absolute Gasteiger partial charge is 0.295 e. The number of benzene rings is 1. The van der Waals surface area contributed by atoms with Crippen LogP contribution in [0, 0.1) is 0 Å². The molecule has 0 radical (unpaired) electrons. The third-order valence-electron chi connectivity index (χ3n) is 2.39. The molecule has 0 saturated carbocycles. The number of allylic oxidation sites excluding steroid dienone is 1. The van der Waals surface area contributed by atoms with Gasteiger partial charge in [0.25, 0.3) is 0 Å². The minimum atomic E-state index is 0.0509. The highest BCUT2D eigenvalue weighted by atomic mass is 16.1. The highest BCUT2D eigenvalue weighted by Gasteiger charge is 1.99. The lowest BCUT2D eigenvalue weighted by molar-refractivity contribution is -0.113. The Balaban J connectivity index is 2.47. The van der Waals surface area contributed by atoms with Crippen LogP contribution in [-0.4, -0.2) is 15.8 Å². The molecule has 0 fully saturated rings. The van der Waals surface area contributed by atoms with E-state index in [2.05, 4.69) is 9.97 Å². The summed E-state index contributed by atoms with van der Waals surface area (Å²) in [6.45, 7) is 3.32. The molecule has 1 aromatic heterocycles. The van der Waals surface area contributed by atoms with Crippen molar-refractivity contribution < 1.29 is 4.79 Å². The van der Waals surface area contributed by atoms with Crippen LogP contribution in [0.4, 0.5) is 0 Å². The molecule has 0 aliphatic rings. The van der Waals surface area contributed by atoms with E-state index in [1.54, 1.807) is 26.1 Å². The number of aromatic nitrogens is 2. The zero-order chi connectivity index (χ0) is 11.5. The summed E-state index contributed by atoms with van der Waals surface area (Å²) in [5.74, 6) is 0.0509. The first-order chi connectivity index (χ1) is 7.66. The van der Waals surface area contributed by atoms with Crippen molar-refractivity contribution in [3.8, 4) is 0 Å². The predicted octanol–water partition coefficient (Wildman–Crippen LogP) is 2.62. The molecule has 0 aliphatic heterocycles. The molecule has 0 unspecified atom stereocenters. The molecule has 80 valence electrons. The Morgan fingerprint density at radius 2 is 1.88 bits per heavy atom. The van der Waals surface area contributed by atoms with Gasteiger partial charge in [-0.3, -0.25) is 9.78 Å². The molecule has 0 amide bonds. The highest BCUT2D eigenvalue weighted by molar-refractivity contribution is 5.97. The van der Waals surface area contributed by atoms with Crippen LogP contribution < -0.4 is 0 Å². The maximum absolute atomic E-state index is 11.1. The van der Waals surface area contributed by atoms with Crippen LogP contribution in [0.25, 0.3) is 17.1 Å². The first-order valence-electron chi connectivity index (χ1n) is 5.08. The standard InChI is InChI=1S/C13H12N2O/c1-9(10(2)16)7-11-8-14-12-5-3-4-6-13(12)15-11/h3-8H,1-2H3/b9-7+. The van der Waals surface area contributed by atoms with Crippen LogP contribution in [0.5, 0.6) is 0 Å². The Kier molecular flexibility index (Phi) is 2.77. The van der Waals surface area contributed by atoms with E-state index < -0.39 is 0 Å². The second-order valence-electron chi connectivity index (χ2n) is 3.67. The van der Waals surface area contributed by atoms with Crippen LogP contribution in [0.2, 0.25) is 0 Å². The van der Waals surface area contributed by atoms with Gasteiger partial charge in [-0.15, -0.1) is 0 Å². The zero-order valence-corrected chi connectivity index (χ0v) is 9.27. The molecule has 2 rings (SSSR count). The molecule has 0 atom stereocenters. The summed E-state index contributed by atoms with van der Waals surface area (Å²) in [5, 5.41) is 0. The van der Waals surface area contributed by atoms with Crippen molar-refractivity contribution in [1.82, 2.24) is 9.97 Å². The fourth-order valence-electron chi connectivity index (χ4n) is 1.36. The summed E-state index contributed by atoms with van der Waals surface area (Å²) < 4.78 is 0. The first-order valence-corrected chi connectivity index (χ1v) is 5.08. The van der Waals surface area contributed by atoms with Gasteiger partial charge in [-0.2, -0.15) is 0 Å². The molecule has 0 spiro atoms. The van der Waals surface area contributed by atoms with Crippen LogP contribution in [-0.2, 0) is 4.79 Å². The Labute approximate surface area is 93.8 Å². The Bertz CT molecular complexity index is 573. The third-order valence-corrected chi connectivity index (χ3v) is 2.39. The van der Waals surface area contributed by atoms with E-state index in [1.807, 2.05) is 24.3 Å². The monoisotopic (exact) mass is 212 g/mol. The summed E-state index contributed by atoms with van der Waals surface area (Å²) in [4.78, 5) is 19.8. The molecule has 0 saturated heterocycles. The number of nitrogens with zero attached hydrogens (tertiary/aromatic N) is 2. The molecule has 1 aromatic carbocycles. The number of hydrogen-bond acceptors (Lipinski definition) is 3. The molecule has 0 aliphatic carbocycles. The van der Waals surface area contributed by atoms with E-state index in [9.17, 15) is 4.79 Å². The predicted molar refractivity (Wildman–Crippen MR) is 63.9 cm³/mol. The fourth-order valence-corrected chi connectivity index (χ4v) is 1.36. The quantitative estimate of drug-likeness (QED) is 0.719. The molecular formula is C13H12N2O. The van der Waals surface area contributed by atoms with Gasteiger partial charge in [0, 0.05) is 0 Å². The molecular weight excluding hydrogens is 200 g/mol. The summed E-state index contributed by atoms with van der Waals surface area (Å²) in [6, 6.07) is 7.66. The van der Waals surface area contributed by atoms with Gasteiger partial charge in [0.1, 0.15) is 0 Å². The molecule has 2 aromatic rings. The van der Waals surface area contributed by atoms with Gasteiger partial charge in [0.2, 0.25) is 0 Å². The van der Waals surface area contributed by atoms with Crippen molar-refractivity contribution in [1.29, 1.82) is 0 Å². The van der Waals surface area contributed by atoms with E-state index in [1.165, 1.54) is 0 Å². The average molecular weight is 212 g/mol. The number of carbonyl (C=O) groups is 1.